The fourth-order valence-electron chi connectivity index (χ4n) is 4.38. The summed E-state index contributed by atoms with van der Waals surface area (Å²) in [5, 5.41) is 1.14. The molecule has 0 bridgehead atoms. The maximum absolute atomic E-state index is 12.2. The number of aromatic nitrogens is 3. The lowest BCUT2D eigenvalue weighted by molar-refractivity contribution is -0.158. The summed E-state index contributed by atoms with van der Waals surface area (Å²) < 4.78 is 10.8. The highest BCUT2D eigenvalue weighted by Gasteiger charge is 2.34. The number of hydrogen-bond acceptors (Lipinski definition) is 8. The molecule has 0 spiro atoms. The lowest BCUT2D eigenvalue weighted by atomic mass is 9.96. The third-order valence-corrected chi connectivity index (χ3v) is 6.92. The second kappa shape index (κ2) is 7.92. The van der Waals surface area contributed by atoms with Gasteiger partial charge in [0.05, 0.1) is 25.1 Å². The van der Waals surface area contributed by atoms with Crippen LogP contribution in [-0.2, 0) is 27.1 Å². The number of aryl methyl sites for hydroxylation is 2. The Morgan fingerprint density at radius 2 is 2.13 bits per heavy atom. The predicted molar refractivity (Wildman–Crippen MR) is 116 cm³/mol. The SMILES string of the molecule is COC(=O)C1CN(c2nc(-c3cccnc3)nc3sc4c(c23)CCCC4)C[C@@H](C)O1. The number of nitrogens with zero attached hydrogens (tertiary/aromatic N) is 4. The molecular formula is C22H24N4O3S. The molecule has 30 heavy (non-hydrogen) atoms. The molecule has 0 radical (unpaired) electrons. The molecule has 1 saturated heterocycles. The number of hydrogen-bond donors (Lipinski definition) is 0. The number of ether oxygens (including phenoxy) is 2. The van der Waals surface area contributed by atoms with Crippen LogP contribution < -0.4 is 4.90 Å². The molecule has 2 aliphatic rings. The van der Waals surface area contributed by atoms with Gasteiger partial charge in [-0.15, -0.1) is 11.3 Å². The average Bonchev–Trinajstić information content (AvgIpc) is 3.16. The largest absolute Gasteiger partial charge is 0.467 e. The maximum atomic E-state index is 12.2. The van der Waals surface area contributed by atoms with E-state index in [1.807, 2.05) is 19.1 Å². The Morgan fingerprint density at radius 1 is 1.27 bits per heavy atom. The van der Waals surface area contributed by atoms with Crippen molar-refractivity contribution in [2.24, 2.45) is 0 Å². The minimum absolute atomic E-state index is 0.107. The van der Waals surface area contributed by atoms with Crippen molar-refractivity contribution in [2.75, 3.05) is 25.1 Å². The number of carbonyl (C=O) groups is 1. The molecule has 1 aliphatic carbocycles. The van der Waals surface area contributed by atoms with Crippen LogP contribution in [0, 0.1) is 0 Å². The summed E-state index contributed by atoms with van der Waals surface area (Å²) in [6, 6.07) is 3.87. The van der Waals surface area contributed by atoms with E-state index in [0.717, 1.165) is 34.4 Å². The first-order chi connectivity index (χ1) is 14.6. The van der Waals surface area contributed by atoms with Gasteiger partial charge in [0.2, 0.25) is 0 Å². The number of morpholine rings is 1. The Bertz CT molecular complexity index is 1080. The Morgan fingerprint density at radius 3 is 2.93 bits per heavy atom. The third kappa shape index (κ3) is 3.44. The molecular weight excluding hydrogens is 400 g/mol. The summed E-state index contributed by atoms with van der Waals surface area (Å²) in [5.74, 6) is 1.21. The molecule has 5 rings (SSSR count). The molecule has 2 atom stereocenters. The number of methoxy groups -OCH3 is 1. The molecule has 4 heterocycles. The van der Waals surface area contributed by atoms with Gasteiger partial charge in [-0.3, -0.25) is 4.98 Å². The summed E-state index contributed by atoms with van der Waals surface area (Å²) >= 11 is 1.78. The zero-order chi connectivity index (χ0) is 20.7. The van der Waals surface area contributed by atoms with Crippen LogP contribution in [0.2, 0.25) is 0 Å². The van der Waals surface area contributed by atoms with Crippen LogP contribution in [0.4, 0.5) is 5.82 Å². The molecule has 0 aromatic carbocycles. The second-order valence-corrected chi connectivity index (χ2v) is 8.95. The monoisotopic (exact) mass is 424 g/mol. The molecule has 1 unspecified atom stereocenters. The van der Waals surface area contributed by atoms with E-state index in [-0.39, 0.29) is 12.1 Å². The molecule has 1 aliphatic heterocycles. The van der Waals surface area contributed by atoms with Crippen LogP contribution in [0.5, 0.6) is 0 Å². The Balaban J connectivity index is 1.67. The van der Waals surface area contributed by atoms with Crippen molar-refractivity contribution < 1.29 is 14.3 Å². The molecule has 156 valence electrons. The second-order valence-electron chi connectivity index (χ2n) is 7.87. The predicted octanol–water partition coefficient (Wildman–Crippen LogP) is 3.40. The van der Waals surface area contributed by atoms with Crippen molar-refractivity contribution in [2.45, 2.75) is 44.8 Å². The first kappa shape index (κ1) is 19.4. The fourth-order valence-corrected chi connectivity index (χ4v) is 5.63. The van der Waals surface area contributed by atoms with E-state index in [2.05, 4.69) is 9.88 Å². The molecule has 3 aromatic heterocycles. The zero-order valence-electron chi connectivity index (χ0n) is 17.1. The van der Waals surface area contributed by atoms with Crippen LogP contribution in [0.15, 0.2) is 24.5 Å². The van der Waals surface area contributed by atoms with Gasteiger partial charge in [-0.2, -0.15) is 0 Å². The Hall–Kier alpha value is -2.58. The number of esters is 1. The van der Waals surface area contributed by atoms with Crippen LogP contribution in [0.1, 0.15) is 30.2 Å². The van der Waals surface area contributed by atoms with Crippen molar-refractivity contribution in [3.63, 3.8) is 0 Å². The lowest BCUT2D eigenvalue weighted by Crippen LogP contribution is -2.50. The van der Waals surface area contributed by atoms with E-state index in [1.165, 1.54) is 30.4 Å². The minimum Gasteiger partial charge on any atom is -0.467 e. The van der Waals surface area contributed by atoms with Gasteiger partial charge in [0.25, 0.3) is 0 Å². The van der Waals surface area contributed by atoms with Gasteiger partial charge in [0.1, 0.15) is 10.6 Å². The smallest absolute Gasteiger partial charge is 0.336 e. The number of carbonyl (C=O) groups excluding carboxylic acids is 1. The summed E-state index contributed by atoms with van der Waals surface area (Å²) in [6.07, 6.45) is 7.36. The number of pyridine rings is 1. The molecule has 0 amide bonds. The number of anilines is 1. The van der Waals surface area contributed by atoms with E-state index in [4.69, 9.17) is 19.4 Å². The van der Waals surface area contributed by atoms with Gasteiger partial charge in [-0.25, -0.2) is 14.8 Å². The van der Waals surface area contributed by atoms with E-state index in [0.29, 0.717) is 18.9 Å². The zero-order valence-corrected chi connectivity index (χ0v) is 17.9. The lowest BCUT2D eigenvalue weighted by Gasteiger charge is -2.36. The summed E-state index contributed by atoms with van der Waals surface area (Å²) in [5.41, 5.74) is 2.26. The maximum Gasteiger partial charge on any atom is 0.336 e. The van der Waals surface area contributed by atoms with Crippen molar-refractivity contribution in [1.82, 2.24) is 15.0 Å². The number of fused-ring (bicyclic) bond motifs is 3. The van der Waals surface area contributed by atoms with Crippen molar-refractivity contribution in [3.8, 4) is 11.4 Å². The van der Waals surface area contributed by atoms with Gasteiger partial charge in [0.15, 0.2) is 11.9 Å². The Kier molecular flexibility index (Phi) is 5.12. The standard InChI is InChI=1S/C22H24N4O3S/c1-13-11-26(12-16(29-13)22(27)28-2)20-18-15-7-3-4-8-17(15)30-21(18)25-19(24-20)14-6-5-9-23-10-14/h5-6,9-10,13,16H,3-4,7-8,11-12H2,1-2H3/t13-,16?/m1/s1. The van der Waals surface area contributed by atoms with Gasteiger partial charge in [-0.1, -0.05) is 0 Å². The van der Waals surface area contributed by atoms with E-state index >= 15 is 0 Å². The molecule has 1 fully saturated rings. The van der Waals surface area contributed by atoms with E-state index in [1.54, 1.807) is 23.7 Å². The summed E-state index contributed by atoms with van der Waals surface area (Å²) in [7, 11) is 1.40. The van der Waals surface area contributed by atoms with Crippen LogP contribution in [-0.4, -0.2) is 53.3 Å². The topological polar surface area (TPSA) is 77.4 Å². The number of rotatable bonds is 3. The minimum atomic E-state index is -0.625. The molecule has 3 aromatic rings. The molecule has 0 N–H and O–H groups in total. The van der Waals surface area contributed by atoms with Crippen molar-refractivity contribution in [3.05, 3.63) is 35.0 Å². The fraction of sp³-hybridized carbons (Fsp3) is 0.455. The van der Waals surface area contributed by atoms with Crippen LogP contribution >= 0.6 is 11.3 Å². The molecule has 7 nitrogen and oxygen atoms in total. The highest BCUT2D eigenvalue weighted by Crippen LogP contribution is 2.41. The first-order valence-corrected chi connectivity index (χ1v) is 11.2. The summed E-state index contributed by atoms with van der Waals surface area (Å²) in [6.45, 7) is 3.06. The average molecular weight is 425 g/mol. The van der Waals surface area contributed by atoms with E-state index < -0.39 is 6.10 Å². The van der Waals surface area contributed by atoms with Gasteiger partial charge >= 0.3 is 5.97 Å². The summed E-state index contributed by atoms with van der Waals surface area (Å²) in [4.78, 5) is 31.0. The van der Waals surface area contributed by atoms with Crippen LogP contribution in [0.3, 0.4) is 0 Å². The van der Waals surface area contributed by atoms with Gasteiger partial charge in [0, 0.05) is 29.4 Å². The highest BCUT2D eigenvalue weighted by atomic mass is 32.1. The van der Waals surface area contributed by atoms with Crippen molar-refractivity contribution >= 4 is 33.3 Å². The number of thiophene rings is 1. The third-order valence-electron chi connectivity index (χ3n) is 5.74. The quantitative estimate of drug-likeness (QED) is 0.596. The highest BCUT2D eigenvalue weighted by molar-refractivity contribution is 7.19. The Labute approximate surface area is 179 Å². The van der Waals surface area contributed by atoms with Gasteiger partial charge in [-0.05, 0) is 50.3 Å². The van der Waals surface area contributed by atoms with Crippen molar-refractivity contribution in [1.29, 1.82) is 0 Å². The van der Waals surface area contributed by atoms with E-state index in [9.17, 15) is 4.79 Å². The first-order valence-electron chi connectivity index (χ1n) is 10.3. The normalized spacial score (nSPS) is 21.5. The van der Waals surface area contributed by atoms with Gasteiger partial charge < -0.3 is 14.4 Å². The van der Waals surface area contributed by atoms with Crippen LogP contribution in [0.25, 0.3) is 21.6 Å². The molecule has 0 saturated carbocycles. The molecule has 8 heteroatoms.